The average molecular weight is 185 g/mol. The lowest BCUT2D eigenvalue weighted by Gasteiger charge is -2.01. The van der Waals surface area contributed by atoms with Gasteiger partial charge >= 0.3 is 0 Å². The van der Waals surface area contributed by atoms with Crippen molar-refractivity contribution in [1.82, 2.24) is 0 Å². The van der Waals surface area contributed by atoms with E-state index >= 15 is 0 Å². The Morgan fingerprint density at radius 3 is 2.17 bits per heavy atom. The second kappa shape index (κ2) is 3.55. The largest absolute Gasteiger partial charge is 0.612 e. The molecule has 0 heterocycles. The van der Waals surface area contributed by atoms with Crippen LogP contribution in [0.25, 0.3) is 0 Å². The van der Waals surface area contributed by atoms with Crippen molar-refractivity contribution in [2.24, 2.45) is 0 Å². The van der Waals surface area contributed by atoms with Crippen LogP contribution in [-0.2, 0) is 11.2 Å². The SMILES string of the molecule is C[S@@+]([O-])c1ccc([N+](=O)[O-])cc1. The van der Waals surface area contributed by atoms with E-state index in [1.165, 1.54) is 30.5 Å². The van der Waals surface area contributed by atoms with Crippen LogP contribution in [0.2, 0.25) is 0 Å². The summed E-state index contributed by atoms with van der Waals surface area (Å²) in [6.45, 7) is 0. The fourth-order valence-corrected chi connectivity index (χ4v) is 1.28. The minimum absolute atomic E-state index is 0.0178. The van der Waals surface area contributed by atoms with E-state index in [1.54, 1.807) is 0 Å². The van der Waals surface area contributed by atoms with Crippen molar-refractivity contribution in [2.75, 3.05) is 6.26 Å². The predicted octanol–water partition coefficient (Wildman–Crippen LogP) is 1.33. The maximum atomic E-state index is 10.9. The smallest absolute Gasteiger partial charge is 0.269 e. The van der Waals surface area contributed by atoms with Crippen molar-refractivity contribution in [3.05, 3.63) is 34.4 Å². The molecule has 0 aliphatic heterocycles. The minimum atomic E-state index is -1.07. The molecule has 1 aromatic rings. The molecular weight excluding hydrogens is 178 g/mol. The number of nitro benzene ring substituents is 1. The van der Waals surface area contributed by atoms with Crippen LogP contribution < -0.4 is 0 Å². The summed E-state index contributed by atoms with van der Waals surface area (Å²) in [5.74, 6) is 0. The molecule has 0 fully saturated rings. The molecule has 64 valence electrons. The van der Waals surface area contributed by atoms with Crippen molar-refractivity contribution < 1.29 is 9.48 Å². The van der Waals surface area contributed by atoms with Gasteiger partial charge in [0.1, 0.15) is 6.26 Å². The van der Waals surface area contributed by atoms with Crippen molar-refractivity contribution in [3.63, 3.8) is 0 Å². The summed E-state index contributed by atoms with van der Waals surface area (Å²) in [4.78, 5) is 10.3. The van der Waals surface area contributed by atoms with Gasteiger partial charge in [-0.25, -0.2) is 0 Å². The average Bonchev–Trinajstić information content (AvgIpc) is 2.04. The molecule has 0 unspecified atom stereocenters. The molecule has 0 spiro atoms. The highest BCUT2D eigenvalue weighted by molar-refractivity contribution is 7.90. The van der Waals surface area contributed by atoms with Gasteiger partial charge in [-0.15, -0.1) is 0 Å². The van der Waals surface area contributed by atoms with Crippen LogP contribution in [0.1, 0.15) is 0 Å². The molecule has 0 radical (unpaired) electrons. The van der Waals surface area contributed by atoms with Gasteiger partial charge in [-0.2, -0.15) is 0 Å². The normalized spacial score (nSPS) is 12.5. The van der Waals surface area contributed by atoms with Gasteiger partial charge in [0.2, 0.25) is 0 Å². The summed E-state index contributed by atoms with van der Waals surface area (Å²) in [6.07, 6.45) is 1.53. The fraction of sp³-hybridized carbons (Fsp3) is 0.143. The lowest BCUT2D eigenvalue weighted by Crippen LogP contribution is -1.97. The molecular formula is C7H7NO3S. The van der Waals surface area contributed by atoms with E-state index in [4.69, 9.17) is 0 Å². The number of nitro groups is 1. The second-order valence-corrected chi connectivity index (χ2v) is 3.58. The molecule has 1 aromatic carbocycles. The highest BCUT2D eigenvalue weighted by Crippen LogP contribution is 2.15. The summed E-state index contributed by atoms with van der Waals surface area (Å²) in [6, 6.07) is 5.68. The van der Waals surface area contributed by atoms with Crippen LogP contribution >= 0.6 is 0 Å². The lowest BCUT2D eigenvalue weighted by atomic mass is 10.3. The number of hydrogen-bond acceptors (Lipinski definition) is 3. The first-order valence-electron chi connectivity index (χ1n) is 3.19. The lowest BCUT2D eigenvalue weighted by molar-refractivity contribution is -0.384. The summed E-state index contributed by atoms with van der Waals surface area (Å²) in [5, 5.41) is 10.2. The number of rotatable bonds is 2. The van der Waals surface area contributed by atoms with Gasteiger partial charge in [0.25, 0.3) is 5.69 Å². The van der Waals surface area contributed by atoms with Crippen molar-refractivity contribution >= 4 is 16.9 Å². The Kier molecular flexibility index (Phi) is 2.67. The van der Waals surface area contributed by atoms with Crippen LogP contribution in [0.4, 0.5) is 5.69 Å². The van der Waals surface area contributed by atoms with Crippen molar-refractivity contribution in [1.29, 1.82) is 0 Å². The zero-order valence-electron chi connectivity index (χ0n) is 6.39. The Morgan fingerprint density at radius 1 is 1.33 bits per heavy atom. The molecule has 0 saturated heterocycles. The second-order valence-electron chi connectivity index (χ2n) is 2.21. The Labute approximate surface area is 72.5 Å². The zero-order valence-corrected chi connectivity index (χ0v) is 7.21. The summed E-state index contributed by atoms with van der Waals surface area (Å²) >= 11 is -1.07. The topological polar surface area (TPSA) is 66.2 Å². The van der Waals surface area contributed by atoms with Crippen molar-refractivity contribution in [3.8, 4) is 0 Å². The molecule has 4 nitrogen and oxygen atoms in total. The van der Waals surface area contributed by atoms with Gasteiger partial charge in [0, 0.05) is 12.1 Å². The van der Waals surface area contributed by atoms with Crippen LogP contribution in [0.5, 0.6) is 0 Å². The highest BCUT2D eigenvalue weighted by atomic mass is 32.2. The van der Waals surface area contributed by atoms with Gasteiger partial charge in [0.05, 0.1) is 4.92 Å². The predicted molar refractivity (Wildman–Crippen MR) is 45.4 cm³/mol. The fourth-order valence-electron chi connectivity index (χ4n) is 0.759. The van der Waals surface area contributed by atoms with Gasteiger partial charge in [-0.3, -0.25) is 10.1 Å². The van der Waals surface area contributed by atoms with Crippen LogP contribution in [-0.4, -0.2) is 15.7 Å². The van der Waals surface area contributed by atoms with E-state index in [0.717, 1.165) is 0 Å². The number of non-ortho nitro benzene ring substituents is 1. The van der Waals surface area contributed by atoms with Crippen molar-refractivity contribution in [2.45, 2.75) is 4.90 Å². The Balaban J connectivity index is 2.93. The maximum Gasteiger partial charge on any atom is 0.269 e. The van der Waals surface area contributed by atoms with E-state index in [0.29, 0.717) is 4.90 Å². The quantitative estimate of drug-likeness (QED) is 0.396. The molecule has 0 saturated carbocycles. The molecule has 1 atom stereocenters. The standard InChI is InChI=1S/C7H7NO3S/c1-12(11)7-4-2-6(3-5-7)8(9)10/h2-5H,1H3/t12-/m1/s1. The van der Waals surface area contributed by atoms with Crippen LogP contribution in [0.15, 0.2) is 29.2 Å². The molecule has 0 aliphatic rings. The van der Waals surface area contributed by atoms with E-state index in [9.17, 15) is 14.7 Å². The molecule has 12 heavy (non-hydrogen) atoms. The molecule has 0 bridgehead atoms. The Morgan fingerprint density at radius 2 is 1.83 bits per heavy atom. The highest BCUT2D eigenvalue weighted by Gasteiger charge is 2.08. The van der Waals surface area contributed by atoms with Gasteiger partial charge in [0.15, 0.2) is 4.90 Å². The number of hydrogen-bond donors (Lipinski definition) is 0. The zero-order chi connectivity index (χ0) is 9.14. The first-order valence-corrected chi connectivity index (χ1v) is 4.75. The molecule has 0 aromatic heterocycles. The molecule has 1 rings (SSSR count). The van der Waals surface area contributed by atoms with E-state index < -0.39 is 16.1 Å². The monoisotopic (exact) mass is 185 g/mol. The third-order valence-electron chi connectivity index (χ3n) is 1.38. The summed E-state index contributed by atoms with van der Waals surface area (Å²) in [7, 11) is 0. The van der Waals surface area contributed by atoms with E-state index in [1.807, 2.05) is 0 Å². The Bertz CT molecular complexity index is 283. The maximum absolute atomic E-state index is 10.9. The first kappa shape index (κ1) is 9.02. The van der Waals surface area contributed by atoms with Gasteiger partial charge in [-0.1, -0.05) is 0 Å². The molecule has 5 heteroatoms. The van der Waals surface area contributed by atoms with Crippen LogP contribution in [0, 0.1) is 10.1 Å². The van der Waals surface area contributed by atoms with Crippen LogP contribution in [0.3, 0.4) is 0 Å². The number of nitrogens with zero attached hydrogens (tertiary/aromatic N) is 1. The van der Waals surface area contributed by atoms with Gasteiger partial charge in [-0.05, 0) is 23.3 Å². The molecule has 0 amide bonds. The number of benzene rings is 1. The summed E-state index contributed by atoms with van der Waals surface area (Å²) in [5.41, 5.74) is 0.0178. The minimum Gasteiger partial charge on any atom is -0.612 e. The third-order valence-corrected chi connectivity index (χ3v) is 2.32. The molecule has 0 aliphatic carbocycles. The Hall–Kier alpha value is -1.07. The van der Waals surface area contributed by atoms with E-state index in [-0.39, 0.29) is 5.69 Å². The first-order chi connectivity index (χ1) is 5.61. The van der Waals surface area contributed by atoms with E-state index in [2.05, 4.69) is 0 Å². The van der Waals surface area contributed by atoms with Gasteiger partial charge < -0.3 is 4.55 Å². The molecule has 0 N–H and O–H groups in total. The third kappa shape index (κ3) is 1.96. The summed E-state index contributed by atoms with van der Waals surface area (Å²) < 4.78 is 10.9.